The molecule has 0 saturated carbocycles. The van der Waals surface area contributed by atoms with Gasteiger partial charge in [0.1, 0.15) is 5.75 Å². The van der Waals surface area contributed by atoms with Gasteiger partial charge in [-0.25, -0.2) is 13.1 Å². The second-order valence-corrected chi connectivity index (χ2v) is 7.42. The summed E-state index contributed by atoms with van der Waals surface area (Å²) in [6.07, 6.45) is 0.104. The molecule has 0 aliphatic rings. The first-order valence-corrected chi connectivity index (χ1v) is 9.26. The number of carbonyl (C=O) groups is 1. The van der Waals surface area contributed by atoms with E-state index < -0.39 is 10.0 Å². The summed E-state index contributed by atoms with van der Waals surface area (Å²) >= 11 is 0. The van der Waals surface area contributed by atoms with Crippen LogP contribution in [0.5, 0.6) is 5.75 Å². The van der Waals surface area contributed by atoms with Crippen molar-refractivity contribution in [2.24, 2.45) is 5.92 Å². The topological polar surface area (TPSA) is 84.5 Å². The lowest BCUT2D eigenvalue weighted by Crippen LogP contribution is -2.38. The molecule has 0 spiro atoms. The number of rotatable bonds is 9. The summed E-state index contributed by atoms with van der Waals surface area (Å²) < 4.78 is 32.0. The molecule has 0 heterocycles. The zero-order chi connectivity index (χ0) is 17.5. The van der Waals surface area contributed by atoms with E-state index in [1.165, 1.54) is 12.1 Å². The highest BCUT2D eigenvalue weighted by Crippen LogP contribution is 2.15. The van der Waals surface area contributed by atoms with Gasteiger partial charge in [0, 0.05) is 19.0 Å². The van der Waals surface area contributed by atoms with Crippen LogP contribution in [0.25, 0.3) is 0 Å². The highest BCUT2D eigenvalue weighted by Gasteiger charge is 2.15. The normalized spacial score (nSPS) is 12.9. The molecule has 130 valence electrons. The Kier molecular flexibility index (Phi) is 7.51. The molecule has 0 fully saturated rings. The molecular weight excluding hydrogens is 316 g/mol. The lowest BCUT2D eigenvalue weighted by Gasteiger charge is -2.17. The molecule has 0 saturated heterocycles. The molecular formula is C16H26N2O4S. The Balaban J connectivity index is 2.51. The van der Waals surface area contributed by atoms with Crippen molar-refractivity contribution < 1.29 is 17.9 Å². The molecule has 0 aliphatic carbocycles. The third-order valence-corrected chi connectivity index (χ3v) is 4.95. The maximum atomic E-state index is 12.1. The summed E-state index contributed by atoms with van der Waals surface area (Å²) in [5.41, 5.74) is 0. The molecule has 0 aliphatic heterocycles. The van der Waals surface area contributed by atoms with Gasteiger partial charge in [-0.3, -0.25) is 4.79 Å². The molecule has 0 bridgehead atoms. The summed E-state index contributed by atoms with van der Waals surface area (Å²) in [6, 6.07) is 6.23. The van der Waals surface area contributed by atoms with E-state index >= 15 is 0 Å². The van der Waals surface area contributed by atoms with Crippen molar-refractivity contribution in [3.8, 4) is 5.75 Å². The minimum atomic E-state index is -3.62. The van der Waals surface area contributed by atoms with Gasteiger partial charge in [-0.15, -0.1) is 0 Å². The van der Waals surface area contributed by atoms with Crippen LogP contribution in [0.1, 0.15) is 34.1 Å². The van der Waals surface area contributed by atoms with Crippen LogP contribution in [0, 0.1) is 5.92 Å². The number of benzene rings is 1. The smallest absolute Gasteiger partial charge is 0.240 e. The van der Waals surface area contributed by atoms with Crippen LogP contribution in [-0.2, 0) is 14.8 Å². The van der Waals surface area contributed by atoms with Gasteiger partial charge >= 0.3 is 0 Å². The third kappa shape index (κ3) is 6.58. The van der Waals surface area contributed by atoms with E-state index in [2.05, 4.69) is 10.0 Å². The van der Waals surface area contributed by atoms with Gasteiger partial charge in [-0.1, -0.05) is 13.8 Å². The predicted octanol–water partition coefficient (Wildman–Crippen LogP) is 1.91. The summed E-state index contributed by atoms with van der Waals surface area (Å²) in [6.45, 7) is 8.39. The number of hydrogen-bond donors (Lipinski definition) is 2. The van der Waals surface area contributed by atoms with Crippen molar-refractivity contribution in [1.29, 1.82) is 0 Å². The van der Waals surface area contributed by atoms with Gasteiger partial charge in [0.15, 0.2) is 0 Å². The minimum Gasteiger partial charge on any atom is -0.494 e. The Bertz CT molecular complexity index is 597. The van der Waals surface area contributed by atoms with Gasteiger partial charge in [0.25, 0.3) is 0 Å². The summed E-state index contributed by atoms with van der Waals surface area (Å²) in [4.78, 5) is 11.9. The Labute approximate surface area is 138 Å². The fourth-order valence-electron chi connectivity index (χ4n) is 1.76. The highest BCUT2D eigenvalue weighted by molar-refractivity contribution is 7.89. The molecule has 0 aromatic heterocycles. The lowest BCUT2D eigenvalue weighted by atomic mass is 10.1. The van der Waals surface area contributed by atoms with Crippen LogP contribution in [0.3, 0.4) is 0 Å². The molecule has 1 unspecified atom stereocenters. The van der Waals surface area contributed by atoms with Crippen molar-refractivity contribution in [3.05, 3.63) is 24.3 Å². The van der Waals surface area contributed by atoms with Crippen molar-refractivity contribution in [2.75, 3.05) is 13.2 Å². The second kappa shape index (κ2) is 8.88. The Morgan fingerprint density at radius 1 is 1.17 bits per heavy atom. The molecule has 1 amide bonds. The summed E-state index contributed by atoms with van der Waals surface area (Å²) in [5, 5.41) is 2.84. The first kappa shape index (κ1) is 19.4. The van der Waals surface area contributed by atoms with Crippen LogP contribution in [0.2, 0.25) is 0 Å². The lowest BCUT2D eigenvalue weighted by molar-refractivity contribution is -0.121. The van der Waals surface area contributed by atoms with Crippen molar-refractivity contribution in [3.63, 3.8) is 0 Å². The zero-order valence-corrected chi connectivity index (χ0v) is 14.9. The molecule has 0 radical (unpaired) electrons. The number of carbonyl (C=O) groups excluding carboxylic acids is 1. The van der Waals surface area contributed by atoms with Gasteiger partial charge in [0.05, 0.1) is 11.5 Å². The largest absolute Gasteiger partial charge is 0.494 e. The highest BCUT2D eigenvalue weighted by atomic mass is 32.2. The maximum Gasteiger partial charge on any atom is 0.240 e. The SMILES string of the molecule is CCOc1ccc(S(=O)(=O)NCCC(=O)NC(C)C(C)C)cc1. The van der Waals surface area contributed by atoms with Crippen molar-refractivity contribution >= 4 is 15.9 Å². The fraction of sp³-hybridized carbons (Fsp3) is 0.562. The zero-order valence-electron chi connectivity index (χ0n) is 14.1. The van der Waals surface area contributed by atoms with Crippen LogP contribution < -0.4 is 14.8 Å². The average molecular weight is 342 g/mol. The number of hydrogen-bond acceptors (Lipinski definition) is 4. The van der Waals surface area contributed by atoms with Crippen molar-refractivity contribution in [2.45, 2.75) is 45.1 Å². The fourth-order valence-corrected chi connectivity index (χ4v) is 2.79. The monoisotopic (exact) mass is 342 g/mol. The second-order valence-electron chi connectivity index (χ2n) is 5.65. The Morgan fingerprint density at radius 3 is 2.30 bits per heavy atom. The van der Waals surface area contributed by atoms with Crippen LogP contribution in [-0.4, -0.2) is 33.5 Å². The Morgan fingerprint density at radius 2 is 1.78 bits per heavy atom. The molecule has 1 atom stereocenters. The number of nitrogens with one attached hydrogen (secondary N) is 2. The predicted molar refractivity (Wildman–Crippen MR) is 89.9 cm³/mol. The van der Waals surface area contributed by atoms with E-state index in [4.69, 9.17) is 4.74 Å². The molecule has 2 N–H and O–H groups in total. The molecule has 1 aromatic carbocycles. The summed E-state index contributed by atoms with van der Waals surface area (Å²) in [5.74, 6) is 0.786. The van der Waals surface area contributed by atoms with Gasteiger partial charge in [-0.2, -0.15) is 0 Å². The Hall–Kier alpha value is -1.60. The van der Waals surface area contributed by atoms with Crippen molar-refractivity contribution in [1.82, 2.24) is 10.0 Å². The standard InChI is InChI=1S/C16H26N2O4S/c1-5-22-14-6-8-15(9-7-14)23(20,21)17-11-10-16(19)18-13(4)12(2)3/h6-9,12-13,17H,5,10-11H2,1-4H3,(H,18,19). The van der Waals surface area contributed by atoms with Crippen LogP contribution >= 0.6 is 0 Å². The number of amides is 1. The third-order valence-electron chi connectivity index (χ3n) is 3.48. The van der Waals surface area contributed by atoms with Gasteiger partial charge in [-0.05, 0) is 44.0 Å². The van der Waals surface area contributed by atoms with E-state index in [-0.39, 0.29) is 29.8 Å². The van der Waals surface area contributed by atoms with Crippen LogP contribution in [0.4, 0.5) is 0 Å². The molecule has 6 nitrogen and oxygen atoms in total. The molecule has 1 aromatic rings. The number of sulfonamides is 1. The van der Waals surface area contributed by atoms with E-state index in [1.807, 2.05) is 27.7 Å². The van der Waals surface area contributed by atoms with E-state index in [0.717, 1.165) is 0 Å². The van der Waals surface area contributed by atoms with E-state index in [9.17, 15) is 13.2 Å². The first-order chi connectivity index (χ1) is 10.8. The minimum absolute atomic E-state index is 0.0604. The summed E-state index contributed by atoms with van der Waals surface area (Å²) in [7, 11) is -3.62. The molecule has 1 rings (SSSR count). The average Bonchev–Trinajstić information content (AvgIpc) is 2.47. The van der Waals surface area contributed by atoms with E-state index in [1.54, 1.807) is 12.1 Å². The molecule has 7 heteroatoms. The van der Waals surface area contributed by atoms with E-state index in [0.29, 0.717) is 18.3 Å². The van der Waals surface area contributed by atoms with Gasteiger partial charge < -0.3 is 10.1 Å². The maximum absolute atomic E-state index is 12.1. The first-order valence-electron chi connectivity index (χ1n) is 7.78. The molecule has 23 heavy (non-hydrogen) atoms. The number of ether oxygens (including phenoxy) is 1. The van der Waals surface area contributed by atoms with Crippen LogP contribution in [0.15, 0.2) is 29.2 Å². The quantitative estimate of drug-likeness (QED) is 0.718. The van der Waals surface area contributed by atoms with Gasteiger partial charge in [0.2, 0.25) is 15.9 Å².